The van der Waals surface area contributed by atoms with Gasteiger partial charge < -0.3 is 5.84 Å². The fraction of sp³-hybridized carbons (Fsp3) is 0.278. The van der Waals surface area contributed by atoms with Crippen molar-refractivity contribution in [2.24, 2.45) is 16.8 Å². The van der Waals surface area contributed by atoms with Gasteiger partial charge in [-0.1, -0.05) is 53.6 Å². The van der Waals surface area contributed by atoms with E-state index < -0.39 is 0 Å². The third-order valence-corrected chi connectivity index (χ3v) is 4.57. The normalized spacial score (nSPS) is 20.5. The molecule has 1 atom stereocenters. The van der Waals surface area contributed by atoms with Gasteiger partial charge in [-0.2, -0.15) is 5.10 Å². The predicted molar refractivity (Wildman–Crippen MR) is 98.3 cm³/mol. The fourth-order valence-electron chi connectivity index (χ4n) is 3.17. The molecule has 0 bridgehead atoms. The zero-order chi connectivity index (χ0) is 17.1. The molecule has 3 rings (SSSR count). The third-order valence-electron chi connectivity index (χ3n) is 4.32. The molecule has 0 aromatic heterocycles. The van der Waals surface area contributed by atoms with E-state index in [0.29, 0.717) is 17.4 Å². The van der Waals surface area contributed by atoms with Gasteiger partial charge in [-0.3, -0.25) is 9.91 Å². The largest absolute Gasteiger partial charge is 0.321 e. The Morgan fingerprint density at radius 1 is 1.17 bits per heavy atom. The number of nitrogens with zero attached hydrogens (tertiary/aromatic N) is 3. The van der Waals surface area contributed by atoms with E-state index in [9.17, 15) is 0 Å². The highest BCUT2D eigenvalue weighted by atomic mass is 35.5. The van der Waals surface area contributed by atoms with Crippen molar-refractivity contribution in [3.63, 3.8) is 0 Å². The maximum atomic E-state index is 6.10. The van der Waals surface area contributed by atoms with Crippen molar-refractivity contribution in [1.82, 2.24) is 9.91 Å². The Balaban J connectivity index is 1.94. The summed E-state index contributed by atoms with van der Waals surface area (Å²) in [5.41, 5.74) is 3.59. The summed E-state index contributed by atoms with van der Waals surface area (Å²) in [7, 11) is 0. The summed E-state index contributed by atoms with van der Waals surface area (Å²) in [4.78, 5) is 2.34. The number of aryl methyl sites for hydroxylation is 1. The second-order valence-electron chi connectivity index (χ2n) is 6.09. The molecule has 1 fully saturated rings. The molecule has 1 unspecified atom stereocenters. The van der Waals surface area contributed by atoms with E-state index in [1.807, 2.05) is 24.3 Å². The van der Waals surface area contributed by atoms with Crippen LogP contribution in [0.3, 0.4) is 0 Å². The van der Waals surface area contributed by atoms with Gasteiger partial charge in [0.05, 0.1) is 6.04 Å². The van der Waals surface area contributed by atoms with Crippen LogP contribution in [0, 0.1) is 6.92 Å². The zero-order valence-electron chi connectivity index (χ0n) is 13.7. The minimum absolute atomic E-state index is 0.0912. The van der Waals surface area contributed by atoms with Crippen molar-refractivity contribution in [1.29, 1.82) is 0 Å². The molecule has 0 aliphatic carbocycles. The number of amidine groups is 1. The van der Waals surface area contributed by atoms with E-state index >= 15 is 0 Å². The Morgan fingerprint density at radius 3 is 2.58 bits per heavy atom. The maximum Gasteiger partial charge on any atom is 0.160 e. The molecular weight excluding hydrogens is 322 g/mol. The number of nitrogens with two attached hydrogens (primary N) is 2. The van der Waals surface area contributed by atoms with Crippen molar-refractivity contribution in [3.8, 4) is 0 Å². The molecule has 0 saturated carbocycles. The first-order valence-electron chi connectivity index (χ1n) is 7.93. The molecule has 1 aliphatic heterocycles. The lowest BCUT2D eigenvalue weighted by molar-refractivity contribution is 0.166. The van der Waals surface area contributed by atoms with E-state index in [2.05, 4.69) is 41.2 Å². The molecule has 24 heavy (non-hydrogen) atoms. The SMILES string of the molecule is Cc1cccc(CN2CCN(N)/C(=N\N)C2c2ccc(Cl)cc2)c1. The van der Waals surface area contributed by atoms with Crippen LogP contribution in [0.15, 0.2) is 53.6 Å². The number of hydrazine groups is 1. The van der Waals surface area contributed by atoms with Crippen LogP contribution in [0.25, 0.3) is 0 Å². The molecule has 0 amide bonds. The molecule has 4 N–H and O–H groups in total. The van der Waals surface area contributed by atoms with Gasteiger partial charge in [-0.25, -0.2) is 5.84 Å². The summed E-state index contributed by atoms with van der Waals surface area (Å²) in [6.07, 6.45) is 0. The summed E-state index contributed by atoms with van der Waals surface area (Å²) in [6.45, 7) is 4.43. The molecule has 1 heterocycles. The quantitative estimate of drug-likeness (QED) is 0.664. The molecule has 1 saturated heterocycles. The average molecular weight is 344 g/mol. The van der Waals surface area contributed by atoms with Gasteiger partial charge in [0.25, 0.3) is 0 Å². The van der Waals surface area contributed by atoms with E-state index in [1.165, 1.54) is 11.1 Å². The highest BCUT2D eigenvalue weighted by Gasteiger charge is 2.33. The summed E-state index contributed by atoms with van der Waals surface area (Å²) < 4.78 is 0. The van der Waals surface area contributed by atoms with Crippen LogP contribution in [0.1, 0.15) is 22.7 Å². The molecule has 2 aromatic carbocycles. The van der Waals surface area contributed by atoms with Gasteiger partial charge in [0, 0.05) is 24.7 Å². The lowest BCUT2D eigenvalue weighted by Gasteiger charge is -2.41. The van der Waals surface area contributed by atoms with Gasteiger partial charge >= 0.3 is 0 Å². The summed E-state index contributed by atoms with van der Waals surface area (Å²) in [5, 5.41) is 6.30. The Kier molecular flexibility index (Phi) is 5.04. The van der Waals surface area contributed by atoms with E-state index in [1.54, 1.807) is 5.01 Å². The molecule has 126 valence electrons. The Labute approximate surface area is 147 Å². The number of hydrogen-bond donors (Lipinski definition) is 2. The van der Waals surface area contributed by atoms with Crippen molar-refractivity contribution in [2.45, 2.75) is 19.5 Å². The molecule has 0 radical (unpaired) electrons. The standard InChI is InChI=1S/C18H22ClN5/c1-13-3-2-4-14(11-13)12-23-9-10-24(21)18(22-20)17(23)15-5-7-16(19)8-6-15/h2-8,11,17H,9-10,12,20-21H2,1H3/b22-18-. The predicted octanol–water partition coefficient (Wildman–Crippen LogP) is 2.65. The first kappa shape index (κ1) is 16.8. The summed E-state index contributed by atoms with van der Waals surface area (Å²) in [6, 6.07) is 16.2. The highest BCUT2D eigenvalue weighted by Crippen LogP contribution is 2.29. The molecule has 6 heteroatoms. The Hall–Kier alpha value is -2.08. The second kappa shape index (κ2) is 7.21. The number of hydrogen-bond acceptors (Lipinski definition) is 4. The number of halogens is 1. The van der Waals surface area contributed by atoms with Crippen LogP contribution in [0.2, 0.25) is 5.02 Å². The van der Waals surface area contributed by atoms with Gasteiger partial charge in [0.1, 0.15) is 0 Å². The Morgan fingerprint density at radius 2 is 1.92 bits per heavy atom. The highest BCUT2D eigenvalue weighted by molar-refractivity contribution is 6.30. The number of benzene rings is 2. The van der Waals surface area contributed by atoms with Crippen molar-refractivity contribution in [2.75, 3.05) is 13.1 Å². The van der Waals surface area contributed by atoms with Crippen molar-refractivity contribution in [3.05, 3.63) is 70.2 Å². The van der Waals surface area contributed by atoms with Crippen LogP contribution in [0.5, 0.6) is 0 Å². The average Bonchev–Trinajstić information content (AvgIpc) is 2.57. The van der Waals surface area contributed by atoms with E-state index in [-0.39, 0.29) is 6.04 Å². The van der Waals surface area contributed by atoms with Crippen LogP contribution in [-0.2, 0) is 6.54 Å². The minimum Gasteiger partial charge on any atom is -0.321 e. The summed E-state index contributed by atoms with van der Waals surface area (Å²) in [5.74, 6) is 12.4. The summed E-state index contributed by atoms with van der Waals surface area (Å²) >= 11 is 6.03. The first-order valence-corrected chi connectivity index (χ1v) is 8.31. The number of rotatable bonds is 3. The van der Waals surface area contributed by atoms with E-state index in [0.717, 1.165) is 18.7 Å². The molecular formula is C18H22ClN5. The van der Waals surface area contributed by atoms with Crippen molar-refractivity contribution >= 4 is 17.4 Å². The molecule has 1 aliphatic rings. The first-order chi connectivity index (χ1) is 11.6. The molecule has 2 aromatic rings. The third kappa shape index (κ3) is 3.53. The second-order valence-corrected chi connectivity index (χ2v) is 6.53. The van der Waals surface area contributed by atoms with Crippen LogP contribution in [-0.4, -0.2) is 28.8 Å². The van der Waals surface area contributed by atoms with Crippen LogP contribution < -0.4 is 11.7 Å². The van der Waals surface area contributed by atoms with E-state index in [4.69, 9.17) is 23.3 Å². The van der Waals surface area contributed by atoms with Gasteiger partial charge in [-0.05, 0) is 30.2 Å². The topological polar surface area (TPSA) is 70.9 Å². The van der Waals surface area contributed by atoms with Crippen molar-refractivity contribution < 1.29 is 0 Å². The zero-order valence-corrected chi connectivity index (χ0v) is 14.4. The smallest absolute Gasteiger partial charge is 0.160 e. The lowest BCUT2D eigenvalue weighted by Crippen LogP contribution is -2.55. The number of hydrazone groups is 1. The van der Waals surface area contributed by atoms with Crippen LogP contribution in [0.4, 0.5) is 0 Å². The van der Waals surface area contributed by atoms with Gasteiger partial charge in [-0.15, -0.1) is 0 Å². The minimum atomic E-state index is -0.0912. The maximum absolute atomic E-state index is 6.10. The monoisotopic (exact) mass is 343 g/mol. The van der Waals surface area contributed by atoms with Gasteiger partial charge in [0.15, 0.2) is 5.84 Å². The lowest BCUT2D eigenvalue weighted by atomic mass is 10.0. The molecule has 0 spiro atoms. The molecule has 5 nitrogen and oxygen atoms in total. The van der Waals surface area contributed by atoms with Crippen LogP contribution >= 0.6 is 11.6 Å². The fourth-order valence-corrected chi connectivity index (χ4v) is 3.29. The Bertz CT molecular complexity index is 728. The van der Waals surface area contributed by atoms with Gasteiger partial charge in [0.2, 0.25) is 0 Å². The number of piperazine rings is 1.